The molecule has 1 aromatic rings. The largest absolute Gasteiger partial charge is 0.353 e. The number of rotatable bonds is 5. The van der Waals surface area contributed by atoms with E-state index < -0.39 is 0 Å². The Labute approximate surface area is 134 Å². The van der Waals surface area contributed by atoms with Crippen LogP contribution in [0.25, 0.3) is 0 Å². The Bertz CT molecular complexity index is 473. The molecule has 1 aromatic carbocycles. The zero-order valence-electron chi connectivity index (χ0n) is 14.1. The minimum absolute atomic E-state index is 0.168. The Morgan fingerprint density at radius 2 is 1.64 bits per heavy atom. The molecule has 0 aliphatic heterocycles. The first-order chi connectivity index (χ1) is 10.5. The number of hydrogen-bond donors (Lipinski definition) is 2. The summed E-state index contributed by atoms with van der Waals surface area (Å²) in [5.41, 5.74) is 8.49. The molecule has 3 heteroatoms. The van der Waals surface area contributed by atoms with Crippen LogP contribution in [0.15, 0.2) is 24.3 Å². The van der Waals surface area contributed by atoms with Gasteiger partial charge < -0.3 is 11.1 Å². The summed E-state index contributed by atoms with van der Waals surface area (Å²) >= 11 is 0. The fraction of sp³-hybridized carbons (Fsp3) is 0.632. The van der Waals surface area contributed by atoms with Gasteiger partial charge in [-0.3, -0.25) is 4.79 Å². The Morgan fingerprint density at radius 3 is 2.18 bits per heavy atom. The van der Waals surface area contributed by atoms with E-state index in [0.29, 0.717) is 24.4 Å². The molecule has 0 saturated heterocycles. The van der Waals surface area contributed by atoms with E-state index in [0.717, 1.165) is 25.7 Å². The Hall–Kier alpha value is -1.35. The van der Waals surface area contributed by atoms with Crippen molar-refractivity contribution < 1.29 is 4.79 Å². The number of benzene rings is 1. The van der Waals surface area contributed by atoms with Crippen molar-refractivity contribution >= 4 is 5.91 Å². The maximum atomic E-state index is 12.2. The number of nitrogens with one attached hydrogen (secondary N) is 1. The lowest BCUT2D eigenvalue weighted by atomic mass is 9.91. The molecular weight excluding hydrogens is 272 g/mol. The summed E-state index contributed by atoms with van der Waals surface area (Å²) < 4.78 is 0. The van der Waals surface area contributed by atoms with E-state index in [1.54, 1.807) is 0 Å². The third-order valence-electron chi connectivity index (χ3n) is 4.80. The molecular formula is C19H30N2O. The van der Waals surface area contributed by atoms with Gasteiger partial charge in [0.15, 0.2) is 0 Å². The average molecular weight is 302 g/mol. The molecule has 22 heavy (non-hydrogen) atoms. The quantitative estimate of drug-likeness (QED) is 0.871. The van der Waals surface area contributed by atoms with E-state index in [4.69, 9.17) is 5.73 Å². The zero-order valence-corrected chi connectivity index (χ0v) is 14.1. The molecule has 1 atom stereocenters. The number of carbonyl (C=O) groups excluding carboxylic acids is 1. The van der Waals surface area contributed by atoms with Gasteiger partial charge in [-0.2, -0.15) is 0 Å². The lowest BCUT2D eigenvalue weighted by molar-refractivity contribution is -0.122. The van der Waals surface area contributed by atoms with Gasteiger partial charge in [-0.05, 0) is 48.6 Å². The highest BCUT2D eigenvalue weighted by Gasteiger charge is 2.21. The molecule has 0 radical (unpaired) electrons. The van der Waals surface area contributed by atoms with Gasteiger partial charge in [0.05, 0.1) is 0 Å². The second-order valence-corrected chi connectivity index (χ2v) is 7.11. The Morgan fingerprint density at radius 1 is 1.09 bits per heavy atom. The second-order valence-electron chi connectivity index (χ2n) is 7.11. The highest BCUT2D eigenvalue weighted by atomic mass is 16.1. The first-order valence-corrected chi connectivity index (χ1v) is 8.60. The van der Waals surface area contributed by atoms with Gasteiger partial charge in [-0.15, -0.1) is 0 Å². The predicted octanol–water partition coefficient (Wildman–Crippen LogP) is 3.69. The Balaban J connectivity index is 1.83. The van der Waals surface area contributed by atoms with Gasteiger partial charge in [0.25, 0.3) is 0 Å². The average Bonchev–Trinajstić information content (AvgIpc) is 2.49. The van der Waals surface area contributed by atoms with E-state index in [-0.39, 0.29) is 11.8 Å². The zero-order chi connectivity index (χ0) is 16.1. The van der Waals surface area contributed by atoms with Crippen molar-refractivity contribution in [1.82, 2.24) is 5.32 Å². The van der Waals surface area contributed by atoms with Crippen LogP contribution in [0.1, 0.15) is 75.8 Å². The van der Waals surface area contributed by atoms with E-state index in [2.05, 4.69) is 50.4 Å². The molecule has 0 spiro atoms. The molecule has 0 bridgehead atoms. The van der Waals surface area contributed by atoms with Crippen molar-refractivity contribution in [2.24, 2.45) is 5.73 Å². The van der Waals surface area contributed by atoms with Gasteiger partial charge in [0, 0.05) is 18.5 Å². The molecule has 3 nitrogen and oxygen atoms in total. The van der Waals surface area contributed by atoms with Crippen molar-refractivity contribution in [2.75, 3.05) is 0 Å². The normalized spacial score (nSPS) is 23.3. The monoisotopic (exact) mass is 302 g/mol. The first-order valence-electron chi connectivity index (χ1n) is 8.60. The van der Waals surface area contributed by atoms with Crippen molar-refractivity contribution in [2.45, 2.75) is 76.8 Å². The van der Waals surface area contributed by atoms with E-state index in [1.807, 2.05) is 0 Å². The van der Waals surface area contributed by atoms with Gasteiger partial charge in [0.2, 0.25) is 5.91 Å². The Kier molecular flexibility index (Phi) is 6.01. The summed E-state index contributed by atoms with van der Waals surface area (Å²) in [5.74, 6) is 0.971. The van der Waals surface area contributed by atoms with Gasteiger partial charge >= 0.3 is 0 Å². The number of carbonyl (C=O) groups is 1. The minimum Gasteiger partial charge on any atom is -0.353 e. The van der Waals surface area contributed by atoms with E-state index in [1.165, 1.54) is 11.1 Å². The van der Waals surface area contributed by atoms with Crippen molar-refractivity contribution in [3.8, 4) is 0 Å². The van der Waals surface area contributed by atoms with Gasteiger partial charge in [-0.1, -0.05) is 45.0 Å². The van der Waals surface area contributed by atoms with Gasteiger partial charge in [-0.25, -0.2) is 0 Å². The molecule has 1 unspecified atom stereocenters. The topological polar surface area (TPSA) is 55.1 Å². The van der Waals surface area contributed by atoms with Crippen LogP contribution < -0.4 is 11.1 Å². The van der Waals surface area contributed by atoms with Crippen molar-refractivity contribution in [3.63, 3.8) is 0 Å². The van der Waals surface area contributed by atoms with Gasteiger partial charge in [0.1, 0.15) is 0 Å². The fourth-order valence-corrected chi connectivity index (χ4v) is 3.16. The maximum Gasteiger partial charge on any atom is 0.220 e. The molecule has 1 fully saturated rings. The molecule has 0 aromatic heterocycles. The van der Waals surface area contributed by atoms with Crippen LogP contribution in [0.5, 0.6) is 0 Å². The molecule has 1 amide bonds. The van der Waals surface area contributed by atoms with Crippen molar-refractivity contribution in [3.05, 3.63) is 35.4 Å². The molecule has 1 aliphatic rings. The smallest absolute Gasteiger partial charge is 0.220 e. The lowest BCUT2D eigenvalue weighted by Crippen LogP contribution is -2.40. The summed E-state index contributed by atoms with van der Waals surface area (Å²) in [6.07, 6.45) is 4.65. The molecule has 2 rings (SSSR count). The summed E-state index contributed by atoms with van der Waals surface area (Å²) in [7, 11) is 0. The minimum atomic E-state index is 0.168. The van der Waals surface area contributed by atoms with E-state index in [9.17, 15) is 4.79 Å². The van der Waals surface area contributed by atoms with Crippen LogP contribution >= 0.6 is 0 Å². The van der Waals surface area contributed by atoms with Crippen LogP contribution in [-0.2, 0) is 4.79 Å². The molecule has 1 aliphatic carbocycles. The van der Waals surface area contributed by atoms with Crippen LogP contribution in [0, 0.1) is 0 Å². The predicted molar refractivity (Wildman–Crippen MR) is 91.9 cm³/mol. The summed E-state index contributed by atoms with van der Waals surface area (Å²) in [4.78, 5) is 12.2. The van der Waals surface area contributed by atoms with Crippen LogP contribution in [0.4, 0.5) is 0 Å². The summed E-state index contributed by atoms with van der Waals surface area (Å²) in [6, 6.07) is 9.32. The lowest BCUT2D eigenvalue weighted by Gasteiger charge is -2.27. The van der Waals surface area contributed by atoms with Crippen molar-refractivity contribution in [1.29, 1.82) is 0 Å². The maximum absolute atomic E-state index is 12.2. The number of amides is 1. The first kappa shape index (κ1) is 17.0. The number of hydrogen-bond acceptors (Lipinski definition) is 2. The van der Waals surface area contributed by atoms with Crippen LogP contribution in [0.3, 0.4) is 0 Å². The SMILES string of the molecule is CC(C)c1ccc(C(C)CC(=O)NC2CCC(N)CC2)cc1. The molecule has 122 valence electrons. The highest BCUT2D eigenvalue weighted by molar-refractivity contribution is 5.77. The second kappa shape index (κ2) is 7.77. The molecule has 1 saturated carbocycles. The van der Waals surface area contributed by atoms with E-state index >= 15 is 0 Å². The van der Waals surface area contributed by atoms with Crippen LogP contribution in [0.2, 0.25) is 0 Å². The summed E-state index contributed by atoms with van der Waals surface area (Å²) in [6.45, 7) is 6.52. The fourth-order valence-electron chi connectivity index (χ4n) is 3.16. The third-order valence-corrected chi connectivity index (χ3v) is 4.80. The third kappa shape index (κ3) is 4.84. The summed E-state index contributed by atoms with van der Waals surface area (Å²) in [5, 5.41) is 3.18. The molecule has 3 N–H and O–H groups in total. The number of nitrogens with two attached hydrogens (primary N) is 1. The molecule has 0 heterocycles. The standard InChI is InChI=1S/C19H30N2O/c1-13(2)15-4-6-16(7-5-15)14(3)12-19(22)21-18-10-8-17(20)9-11-18/h4-7,13-14,17-18H,8-12,20H2,1-3H3,(H,21,22). The highest BCUT2D eigenvalue weighted by Crippen LogP contribution is 2.23. The van der Waals surface area contributed by atoms with Crippen LogP contribution in [-0.4, -0.2) is 18.0 Å².